The van der Waals surface area contributed by atoms with Gasteiger partial charge in [0.1, 0.15) is 0 Å². The molecule has 0 amide bonds. The van der Waals surface area contributed by atoms with Crippen LogP contribution in [0.3, 0.4) is 0 Å². The highest BCUT2D eigenvalue weighted by Gasteiger charge is 2.09. The summed E-state index contributed by atoms with van der Waals surface area (Å²) in [5.41, 5.74) is 3.67. The summed E-state index contributed by atoms with van der Waals surface area (Å²) in [5.74, 6) is 0.966. The lowest BCUT2D eigenvalue weighted by Crippen LogP contribution is -2.09. The molecule has 0 radical (unpaired) electrons. The molecule has 130 valence electrons. The SMILES string of the molecule is C/C=C\C(C)C1C=CC=C(NC(/C=C\C/C(C)=C/CC)=C/C)C=C1. The van der Waals surface area contributed by atoms with Crippen molar-refractivity contribution in [1.29, 1.82) is 0 Å². The summed E-state index contributed by atoms with van der Waals surface area (Å²) in [4.78, 5) is 0. The van der Waals surface area contributed by atoms with Gasteiger partial charge in [0.15, 0.2) is 0 Å². The van der Waals surface area contributed by atoms with Crippen LogP contribution < -0.4 is 5.32 Å². The highest BCUT2D eigenvalue weighted by molar-refractivity contribution is 5.33. The molecule has 24 heavy (non-hydrogen) atoms. The molecule has 2 unspecified atom stereocenters. The van der Waals surface area contributed by atoms with Gasteiger partial charge in [-0.2, -0.15) is 0 Å². The molecule has 0 aliphatic heterocycles. The van der Waals surface area contributed by atoms with Crippen molar-refractivity contribution in [2.75, 3.05) is 0 Å². The Morgan fingerprint density at radius 3 is 2.75 bits per heavy atom. The van der Waals surface area contributed by atoms with Gasteiger partial charge in [0.25, 0.3) is 0 Å². The van der Waals surface area contributed by atoms with Crippen LogP contribution >= 0.6 is 0 Å². The third-order valence-corrected chi connectivity index (χ3v) is 4.10. The van der Waals surface area contributed by atoms with E-state index in [1.165, 1.54) is 5.57 Å². The minimum absolute atomic E-state index is 0.447. The van der Waals surface area contributed by atoms with Gasteiger partial charge in [-0.3, -0.25) is 0 Å². The molecule has 0 aromatic rings. The highest BCUT2D eigenvalue weighted by Crippen LogP contribution is 2.20. The molecular weight excluding hydrogens is 290 g/mol. The second kappa shape index (κ2) is 11.5. The summed E-state index contributed by atoms with van der Waals surface area (Å²) >= 11 is 0. The fourth-order valence-electron chi connectivity index (χ4n) is 2.67. The van der Waals surface area contributed by atoms with Gasteiger partial charge in [-0.1, -0.05) is 68.0 Å². The average molecular weight is 324 g/mol. The highest BCUT2D eigenvalue weighted by atomic mass is 14.9. The van der Waals surface area contributed by atoms with Crippen LogP contribution in [-0.4, -0.2) is 0 Å². The molecule has 1 nitrogen and oxygen atoms in total. The Kier molecular flexibility index (Phi) is 9.60. The zero-order valence-corrected chi connectivity index (χ0v) is 15.9. The first-order valence-corrected chi connectivity index (χ1v) is 9.05. The monoisotopic (exact) mass is 323 g/mol. The predicted octanol–water partition coefficient (Wildman–Crippen LogP) is 6.62. The Morgan fingerprint density at radius 2 is 2.08 bits per heavy atom. The van der Waals surface area contributed by atoms with Gasteiger partial charge in [0.05, 0.1) is 0 Å². The summed E-state index contributed by atoms with van der Waals surface area (Å²) < 4.78 is 0. The molecule has 0 saturated carbocycles. The van der Waals surface area contributed by atoms with E-state index < -0.39 is 0 Å². The minimum atomic E-state index is 0.447. The van der Waals surface area contributed by atoms with Crippen LogP contribution in [0.2, 0.25) is 0 Å². The lowest BCUT2D eigenvalue weighted by molar-refractivity contribution is 0.612. The molecule has 0 bridgehead atoms. The molecule has 1 N–H and O–H groups in total. The number of allylic oxidation sites excluding steroid dienone is 12. The maximum atomic E-state index is 3.50. The average Bonchev–Trinajstić information content (AvgIpc) is 2.80. The summed E-state index contributed by atoms with van der Waals surface area (Å²) in [5, 5.41) is 3.50. The van der Waals surface area contributed by atoms with E-state index in [0.29, 0.717) is 11.8 Å². The van der Waals surface area contributed by atoms with Gasteiger partial charge in [0.2, 0.25) is 0 Å². The standard InChI is InChI=1S/C23H33N/c1-6-11-19(4)13-9-15-22(8-3)24-23-16-10-14-21(17-18-23)20(5)12-7-2/h7-12,14-18,20-21,24H,6,13H2,1-5H3/b12-7-,15-9-,19-11+,22-8+. The van der Waals surface area contributed by atoms with Gasteiger partial charge in [-0.05, 0) is 57.8 Å². The largest absolute Gasteiger partial charge is 0.356 e. The molecule has 0 aromatic carbocycles. The number of nitrogens with one attached hydrogen (secondary N) is 1. The van der Waals surface area contributed by atoms with Crippen molar-refractivity contribution >= 4 is 0 Å². The minimum Gasteiger partial charge on any atom is -0.356 e. The van der Waals surface area contributed by atoms with Gasteiger partial charge in [-0.25, -0.2) is 0 Å². The molecular formula is C23H33N. The van der Waals surface area contributed by atoms with Crippen LogP contribution in [0.1, 0.15) is 47.5 Å². The third-order valence-electron chi connectivity index (χ3n) is 4.10. The van der Waals surface area contributed by atoms with Crippen molar-refractivity contribution < 1.29 is 0 Å². The Morgan fingerprint density at radius 1 is 1.29 bits per heavy atom. The van der Waals surface area contributed by atoms with Crippen molar-refractivity contribution in [3.8, 4) is 0 Å². The van der Waals surface area contributed by atoms with E-state index in [1.807, 2.05) is 0 Å². The van der Waals surface area contributed by atoms with E-state index in [0.717, 1.165) is 24.2 Å². The van der Waals surface area contributed by atoms with Crippen LogP contribution in [0.4, 0.5) is 0 Å². The second-order valence-corrected chi connectivity index (χ2v) is 6.26. The van der Waals surface area contributed by atoms with Crippen LogP contribution in [-0.2, 0) is 0 Å². The molecule has 0 fully saturated rings. The van der Waals surface area contributed by atoms with Gasteiger partial charge >= 0.3 is 0 Å². The first-order chi connectivity index (χ1) is 11.6. The Labute approximate surface area is 148 Å². The first kappa shape index (κ1) is 20.0. The van der Waals surface area contributed by atoms with Crippen LogP contribution in [0.25, 0.3) is 0 Å². The normalized spacial score (nSPS) is 20.5. The zero-order chi connectivity index (χ0) is 17.8. The molecule has 0 heterocycles. The predicted molar refractivity (Wildman–Crippen MR) is 109 cm³/mol. The number of rotatable bonds is 8. The Balaban J connectivity index is 2.66. The second-order valence-electron chi connectivity index (χ2n) is 6.26. The van der Waals surface area contributed by atoms with Gasteiger partial charge in [0, 0.05) is 17.3 Å². The third kappa shape index (κ3) is 7.50. The van der Waals surface area contributed by atoms with E-state index in [4.69, 9.17) is 0 Å². The van der Waals surface area contributed by atoms with E-state index >= 15 is 0 Å². The van der Waals surface area contributed by atoms with Crippen LogP contribution in [0.5, 0.6) is 0 Å². The first-order valence-electron chi connectivity index (χ1n) is 9.05. The van der Waals surface area contributed by atoms with Crippen molar-refractivity contribution in [1.82, 2.24) is 5.32 Å². The van der Waals surface area contributed by atoms with Crippen LogP contribution in [0.15, 0.2) is 83.8 Å². The molecule has 1 rings (SSSR count). The van der Waals surface area contributed by atoms with Gasteiger partial charge in [-0.15, -0.1) is 0 Å². The van der Waals surface area contributed by atoms with Crippen molar-refractivity contribution in [2.24, 2.45) is 11.8 Å². The summed E-state index contributed by atoms with van der Waals surface area (Å²) in [6, 6.07) is 0. The maximum absolute atomic E-state index is 3.50. The molecule has 0 saturated heterocycles. The lowest BCUT2D eigenvalue weighted by atomic mass is 9.93. The molecule has 1 aliphatic rings. The van der Waals surface area contributed by atoms with E-state index in [2.05, 4.69) is 107 Å². The molecule has 2 atom stereocenters. The number of hydrogen-bond donors (Lipinski definition) is 1. The van der Waals surface area contributed by atoms with Crippen molar-refractivity contribution in [2.45, 2.75) is 47.5 Å². The molecule has 0 aromatic heterocycles. The van der Waals surface area contributed by atoms with E-state index in [-0.39, 0.29) is 0 Å². The van der Waals surface area contributed by atoms with E-state index in [1.54, 1.807) is 0 Å². The van der Waals surface area contributed by atoms with Gasteiger partial charge < -0.3 is 5.32 Å². The fraction of sp³-hybridized carbons (Fsp3) is 0.391. The Hall–Kier alpha value is -2.02. The quantitative estimate of drug-likeness (QED) is 0.391. The molecule has 1 heteroatoms. The maximum Gasteiger partial charge on any atom is 0.0381 e. The summed E-state index contributed by atoms with van der Waals surface area (Å²) in [7, 11) is 0. The van der Waals surface area contributed by atoms with Crippen molar-refractivity contribution in [3.63, 3.8) is 0 Å². The topological polar surface area (TPSA) is 12.0 Å². The summed E-state index contributed by atoms with van der Waals surface area (Å²) in [6.07, 6.45) is 26.3. The zero-order valence-electron chi connectivity index (χ0n) is 15.9. The summed E-state index contributed by atoms with van der Waals surface area (Å²) in [6.45, 7) is 10.8. The molecule has 1 aliphatic carbocycles. The number of hydrogen-bond acceptors (Lipinski definition) is 1. The van der Waals surface area contributed by atoms with Crippen molar-refractivity contribution in [3.05, 3.63) is 83.8 Å². The smallest absolute Gasteiger partial charge is 0.0381 e. The lowest BCUT2D eigenvalue weighted by Gasteiger charge is -2.12. The van der Waals surface area contributed by atoms with Crippen LogP contribution in [0, 0.1) is 11.8 Å². The molecule has 0 spiro atoms. The van der Waals surface area contributed by atoms with E-state index in [9.17, 15) is 0 Å². The fourth-order valence-corrected chi connectivity index (χ4v) is 2.67. The Bertz CT molecular complexity index is 579.